The van der Waals surface area contributed by atoms with E-state index in [4.69, 9.17) is 0 Å². The second-order valence-corrected chi connectivity index (χ2v) is 7.27. The molecule has 6 heteroatoms. The third-order valence-electron chi connectivity index (χ3n) is 4.86. The lowest BCUT2D eigenvalue weighted by Gasteiger charge is -2.08. The van der Waals surface area contributed by atoms with Crippen molar-refractivity contribution in [2.75, 3.05) is 5.32 Å². The molecule has 0 spiro atoms. The van der Waals surface area contributed by atoms with Gasteiger partial charge in [0, 0.05) is 17.3 Å². The van der Waals surface area contributed by atoms with Crippen molar-refractivity contribution in [1.29, 1.82) is 0 Å². The van der Waals surface area contributed by atoms with Crippen LogP contribution in [0, 0.1) is 13.8 Å². The number of hydrogen-bond donors (Lipinski definition) is 2. The Morgan fingerprint density at radius 2 is 1.64 bits per heavy atom. The number of nitrogens with one attached hydrogen (secondary N) is 2. The summed E-state index contributed by atoms with van der Waals surface area (Å²) in [7, 11) is 0. The molecule has 2 aromatic carbocycles. The summed E-state index contributed by atoms with van der Waals surface area (Å²) in [6.07, 6.45) is 2.51. The van der Waals surface area contributed by atoms with Gasteiger partial charge < -0.3 is 10.6 Å². The van der Waals surface area contributed by atoms with Crippen molar-refractivity contribution in [1.82, 2.24) is 15.3 Å². The van der Waals surface area contributed by atoms with Gasteiger partial charge in [0.05, 0.1) is 28.8 Å². The van der Waals surface area contributed by atoms with Crippen LogP contribution >= 0.6 is 0 Å². The molecule has 6 nitrogen and oxygen atoms in total. The van der Waals surface area contributed by atoms with Gasteiger partial charge in [-0.15, -0.1) is 0 Å². The number of benzene rings is 2. The number of nitrogens with zero attached hydrogens (tertiary/aromatic N) is 2. The van der Waals surface area contributed by atoms with Gasteiger partial charge >= 0.3 is 0 Å². The first-order valence-electron chi connectivity index (χ1n) is 9.42. The van der Waals surface area contributed by atoms with Gasteiger partial charge in [-0.25, -0.2) is 9.97 Å². The summed E-state index contributed by atoms with van der Waals surface area (Å²) in [5.41, 5.74) is 5.34. The summed E-state index contributed by atoms with van der Waals surface area (Å²) < 4.78 is 0. The number of fused-ring (bicyclic) bond motifs is 1. The molecule has 0 unspecified atom stereocenters. The average Bonchev–Trinajstić information content (AvgIpc) is 3.47. The number of anilines is 1. The van der Waals surface area contributed by atoms with Crippen LogP contribution in [0.2, 0.25) is 0 Å². The lowest BCUT2D eigenvalue weighted by Crippen LogP contribution is -2.26. The van der Waals surface area contributed by atoms with E-state index in [0.29, 0.717) is 29.2 Å². The SMILES string of the molecule is Cc1nc2ccc(C(=O)Nc3ccc(CC(=O)NC4CC4)cc3)cc2nc1C. The predicted octanol–water partition coefficient (Wildman–Crippen LogP) is 3.32. The fourth-order valence-corrected chi connectivity index (χ4v) is 2.97. The Morgan fingerprint density at radius 3 is 2.32 bits per heavy atom. The van der Waals surface area contributed by atoms with Crippen LogP contribution in [0.4, 0.5) is 5.69 Å². The number of hydrogen-bond acceptors (Lipinski definition) is 4. The van der Waals surface area contributed by atoms with Crippen molar-refractivity contribution in [3.8, 4) is 0 Å². The zero-order valence-electron chi connectivity index (χ0n) is 16.0. The first kappa shape index (κ1) is 18.1. The van der Waals surface area contributed by atoms with Crippen molar-refractivity contribution >= 4 is 28.5 Å². The van der Waals surface area contributed by atoms with Gasteiger partial charge in [-0.05, 0) is 62.6 Å². The Kier molecular flexibility index (Phi) is 4.77. The fraction of sp³-hybridized carbons (Fsp3) is 0.273. The highest BCUT2D eigenvalue weighted by Crippen LogP contribution is 2.19. The summed E-state index contributed by atoms with van der Waals surface area (Å²) in [4.78, 5) is 33.4. The van der Waals surface area contributed by atoms with Crippen LogP contribution in [-0.2, 0) is 11.2 Å². The molecule has 1 heterocycles. The molecule has 0 bridgehead atoms. The third kappa shape index (κ3) is 4.17. The molecule has 1 aromatic heterocycles. The quantitative estimate of drug-likeness (QED) is 0.718. The molecule has 142 valence electrons. The maximum absolute atomic E-state index is 12.6. The van der Waals surface area contributed by atoms with Crippen molar-refractivity contribution in [2.45, 2.75) is 39.2 Å². The number of aromatic nitrogens is 2. The Morgan fingerprint density at radius 1 is 0.964 bits per heavy atom. The Labute approximate surface area is 163 Å². The average molecular weight is 374 g/mol. The highest BCUT2D eigenvalue weighted by atomic mass is 16.2. The van der Waals surface area contributed by atoms with Crippen LogP contribution in [0.3, 0.4) is 0 Å². The molecule has 1 fully saturated rings. The normalized spacial score (nSPS) is 13.4. The van der Waals surface area contributed by atoms with Gasteiger partial charge in [0.2, 0.25) is 5.91 Å². The summed E-state index contributed by atoms with van der Waals surface area (Å²) in [6.45, 7) is 3.82. The maximum Gasteiger partial charge on any atom is 0.255 e. The minimum absolute atomic E-state index is 0.0436. The van der Waals surface area contributed by atoms with Crippen LogP contribution in [0.5, 0.6) is 0 Å². The maximum atomic E-state index is 12.6. The Hall–Kier alpha value is -3.28. The number of amides is 2. The molecule has 0 saturated heterocycles. The van der Waals surface area contributed by atoms with E-state index in [0.717, 1.165) is 35.3 Å². The van der Waals surface area contributed by atoms with E-state index < -0.39 is 0 Å². The second-order valence-electron chi connectivity index (χ2n) is 7.27. The second kappa shape index (κ2) is 7.38. The highest BCUT2D eigenvalue weighted by molar-refractivity contribution is 6.05. The van der Waals surface area contributed by atoms with E-state index in [9.17, 15) is 9.59 Å². The van der Waals surface area contributed by atoms with Gasteiger partial charge in [-0.2, -0.15) is 0 Å². The minimum atomic E-state index is -0.207. The van der Waals surface area contributed by atoms with Gasteiger partial charge in [0.15, 0.2) is 0 Å². The van der Waals surface area contributed by atoms with E-state index >= 15 is 0 Å². The van der Waals surface area contributed by atoms with Crippen LogP contribution in [0.25, 0.3) is 11.0 Å². The lowest BCUT2D eigenvalue weighted by atomic mass is 10.1. The summed E-state index contributed by atoms with van der Waals surface area (Å²) in [5, 5.41) is 5.86. The first-order chi connectivity index (χ1) is 13.5. The largest absolute Gasteiger partial charge is 0.353 e. The number of aryl methyl sites for hydroxylation is 2. The molecule has 1 saturated carbocycles. The topological polar surface area (TPSA) is 84.0 Å². The Bertz CT molecular complexity index is 1060. The third-order valence-corrected chi connectivity index (χ3v) is 4.86. The molecule has 1 aliphatic rings. The number of rotatable bonds is 5. The van der Waals surface area contributed by atoms with E-state index in [1.165, 1.54) is 0 Å². The van der Waals surface area contributed by atoms with Crippen molar-refractivity contribution in [3.63, 3.8) is 0 Å². The molecule has 0 atom stereocenters. The molecule has 0 radical (unpaired) electrons. The summed E-state index contributed by atoms with van der Waals surface area (Å²) in [5.74, 6) is -0.164. The summed E-state index contributed by atoms with van der Waals surface area (Å²) in [6, 6.07) is 13.0. The zero-order valence-corrected chi connectivity index (χ0v) is 16.0. The van der Waals surface area contributed by atoms with E-state index in [2.05, 4.69) is 20.6 Å². The van der Waals surface area contributed by atoms with Crippen LogP contribution in [-0.4, -0.2) is 27.8 Å². The van der Waals surface area contributed by atoms with Gasteiger partial charge in [-0.1, -0.05) is 12.1 Å². The van der Waals surface area contributed by atoms with Crippen LogP contribution in [0.1, 0.15) is 40.2 Å². The monoisotopic (exact) mass is 374 g/mol. The van der Waals surface area contributed by atoms with Gasteiger partial charge in [-0.3, -0.25) is 9.59 Å². The first-order valence-corrected chi connectivity index (χ1v) is 9.42. The van der Waals surface area contributed by atoms with E-state index in [1.54, 1.807) is 12.1 Å². The van der Waals surface area contributed by atoms with Gasteiger partial charge in [0.25, 0.3) is 5.91 Å². The molecule has 2 amide bonds. The van der Waals surface area contributed by atoms with Crippen molar-refractivity contribution < 1.29 is 9.59 Å². The summed E-state index contributed by atoms with van der Waals surface area (Å²) >= 11 is 0. The molecule has 28 heavy (non-hydrogen) atoms. The van der Waals surface area contributed by atoms with E-state index in [1.807, 2.05) is 44.2 Å². The Balaban J connectivity index is 1.43. The lowest BCUT2D eigenvalue weighted by molar-refractivity contribution is -0.120. The van der Waals surface area contributed by atoms with Crippen LogP contribution in [0.15, 0.2) is 42.5 Å². The molecular formula is C22H22N4O2. The zero-order chi connectivity index (χ0) is 19.7. The predicted molar refractivity (Wildman–Crippen MR) is 108 cm³/mol. The van der Waals surface area contributed by atoms with Crippen molar-refractivity contribution in [3.05, 3.63) is 65.0 Å². The van der Waals surface area contributed by atoms with Gasteiger partial charge in [0.1, 0.15) is 0 Å². The highest BCUT2D eigenvalue weighted by Gasteiger charge is 2.23. The van der Waals surface area contributed by atoms with Crippen LogP contribution < -0.4 is 10.6 Å². The number of carbonyl (C=O) groups excluding carboxylic acids is 2. The van der Waals surface area contributed by atoms with E-state index in [-0.39, 0.29) is 11.8 Å². The molecule has 1 aliphatic carbocycles. The molecular weight excluding hydrogens is 352 g/mol. The standard InChI is InChI=1S/C22H22N4O2/c1-13-14(2)24-20-12-16(5-10-19(20)23-13)22(28)26-18-6-3-15(4-7-18)11-21(27)25-17-8-9-17/h3-7,10,12,17H,8-9,11H2,1-2H3,(H,25,27)(H,26,28). The molecule has 3 aromatic rings. The molecule has 4 rings (SSSR count). The van der Waals surface area contributed by atoms with Crippen molar-refractivity contribution in [2.24, 2.45) is 0 Å². The fourth-order valence-electron chi connectivity index (χ4n) is 2.97. The minimum Gasteiger partial charge on any atom is -0.353 e. The number of carbonyl (C=O) groups is 2. The smallest absolute Gasteiger partial charge is 0.255 e. The molecule has 0 aliphatic heterocycles. The molecule has 2 N–H and O–H groups in total.